The number of nitrogens with zero attached hydrogens (tertiary/aromatic N) is 4. The van der Waals surface area contributed by atoms with Gasteiger partial charge in [0.25, 0.3) is 5.69 Å². The van der Waals surface area contributed by atoms with Gasteiger partial charge in [-0.3, -0.25) is 19.5 Å². The van der Waals surface area contributed by atoms with Crippen LogP contribution in [0.5, 0.6) is 11.5 Å². The largest absolute Gasteiger partial charge is 0.495 e. The van der Waals surface area contributed by atoms with Crippen LogP contribution in [0.3, 0.4) is 0 Å². The van der Waals surface area contributed by atoms with Crippen LogP contribution >= 0.6 is 11.8 Å². The van der Waals surface area contributed by atoms with Crippen molar-refractivity contribution in [3.8, 4) is 11.5 Å². The van der Waals surface area contributed by atoms with E-state index in [1.807, 2.05) is 0 Å². The number of benzene rings is 2. The van der Waals surface area contributed by atoms with Gasteiger partial charge in [0.1, 0.15) is 12.4 Å². The molecule has 1 amide bonds. The van der Waals surface area contributed by atoms with Crippen LogP contribution in [0, 0.1) is 15.9 Å². The van der Waals surface area contributed by atoms with Crippen molar-refractivity contribution >= 4 is 29.0 Å². The summed E-state index contributed by atoms with van der Waals surface area (Å²) in [5.41, 5.74) is 0.00214. The molecule has 34 heavy (non-hydrogen) atoms. The number of halogens is 1. The highest BCUT2D eigenvalue weighted by molar-refractivity contribution is 8.00. The van der Waals surface area contributed by atoms with Crippen LogP contribution in [0.4, 0.5) is 15.8 Å². The smallest absolute Gasteiger partial charge is 0.271 e. The Balaban J connectivity index is 1.73. The number of amides is 1. The highest BCUT2D eigenvalue weighted by Crippen LogP contribution is 2.30. The predicted octanol–water partition coefficient (Wildman–Crippen LogP) is 4.22. The Hall–Kier alpha value is -3.93. The van der Waals surface area contributed by atoms with Crippen LogP contribution in [0.15, 0.2) is 60.3 Å². The maximum Gasteiger partial charge on any atom is 0.271 e. The fourth-order valence-corrected chi connectivity index (χ4v) is 3.76. The molecule has 0 saturated carbocycles. The fourth-order valence-electron chi connectivity index (χ4n) is 2.88. The molecular formula is C22H22FN5O5S. The van der Waals surface area contributed by atoms with E-state index in [1.54, 1.807) is 29.7 Å². The maximum absolute atomic E-state index is 13.8. The normalized spacial score (nSPS) is 11.5. The van der Waals surface area contributed by atoms with E-state index in [-0.39, 0.29) is 23.7 Å². The molecule has 0 bridgehead atoms. The van der Waals surface area contributed by atoms with E-state index in [4.69, 9.17) is 9.47 Å². The highest BCUT2D eigenvalue weighted by atomic mass is 32.2. The van der Waals surface area contributed by atoms with Crippen LogP contribution in [0.2, 0.25) is 0 Å². The number of ether oxygens (including phenoxy) is 2. The third-order valence-electron chi connectivity index (χ3n) is 4.60. The molecule has 1 atom stereocenters. The zero-order valence-electron chi connectivity index (χ0n) is 18.4. The minimum atomic E-state index is -0.642. The monoisotopic (exact) mass is 487 g/mol. The van der Waals surface area contributed by atoms with Gasteiger partial charge < -0.3 is 14.8 Å². The molecule has 3 aromatic rings. The second-order valence-electron chi connectivity index (χ2n) is 6.91. The summed E-state index contributed by atoms with van der Waals surface area (Å²) in [6.07, 6.45) is 1.64. The van der Waals surface area contributed by atoms with E-state index < -0.39 is 21.9 Å². The maximum atomic E-state index is 13.8. The Morgan fingerprint density at radius 2 is 2.09 bits per heavy atom. The van der Waals surface area contributed by atoms with Gasteiger partial charge in [0.05, 0.1) is 23.0 Å². The van der Waals surface area contributed by atoms with Gasteiger partial charge in [-0.2, -0.15) is 0 Å². The van der Waals surface area contributed by atoms with Gasteiger partial charge in [-0.25, -0.2) is 4.39 Å². The van der Waals surface area contributed by atoms with Crippen molar-refractivity contribution in [2.75, 3.05) is 12.4 Å². The molecule has 178 valence electrons. The number of nitrogens with one attached hydrogen (secondary N) is 1. The molecule has 0 aliphatic carbocycles. The van der Waals surface area contributed by atoms with E-state index in [0.717, 1.165) is 11.8 Å². The van der Waals surface area contributed by atoms with Crippen molar-refractivity contribution in [3.63, 3.8) is 0 Å². The Labute approximate surface area is 198 Å². The number of carbonyl (C=O) groups is 1. The summed E-state index contributed by atoms with van der Waals surface area (Å²) in [5.74, 6) is -0.101. The van der Waals surface area contributed by atoms with Crippen LogP contribution in [-0.4, -0.2) is 38.0 Å². The number of anilines is 1. The molecule has 1 unspecified atom stereocenters. The summed E-state index contributed by atoms with van der Waals surface area (Å²) in [7, 11) is 1.40. The SMILES string of the molecule is C=CCn1c(COc2ccccc2F)nnc1SC(C)C(=O)Nc1cc([N+](=O)[O-])ccc1OC. The van der Waals surface area contributed by atoms with Crippen molar-refractivity contribution in [1.29, 1.82) is 0 Å². The molecule has 2 aromatic carbocycles. The van der Waals surface area contributed by atoms with E-state index in [0.29, 0.717) is 23.3 Å². The van der Waals surface area contributed by atoms with Crippen LogP contribution in [0.25, 0.3) is 0 Å². The number of allylic oxidation sites excluding steroid dienone is 1. The van der Waals surface area contributed by atoms with Crippen LogP contribution < -0.4 is 14.8 Å². The molecule has 3 rings (SSSR count). The minimum Gasteiger partial charge on any atom is -0.495 e. The van der Waals surface area contributed by atoms with E-state index in [2.05, 4.69) is 22.1 Å². The van der Waals surface area contributed by atoms with E-state index >= 15 is 0 Å². The Kier molecular flexibility index (Phi) is 8.19. The summed E-state index contributed by atoms with van der Waals surface area (Å²) in [6.45, 7) is 5.70. The Morgan fingerprint density at radius 1 is 1.32 bits per heavy atom. The molecule has 0 fully saturated rings. The molecule has 1 aromatic heterocycles. The lowest BCUT2D eigenvalue weighted by molar-refractivity contribution is -0.384. The quantitative estimate of drug-likeness (QED) is 0.185. The first-order valence-corrected chi connectivity index (χ1v) is 10.9. The second-order valence-corrected chi connectivity index (χ2v) is 8.22. The molecule has 10 nitrogen and oxygen atoms in total. The van der Waals surface area contributed by atoms with Gasteiger partial charge in [0.2, 0.25) is 5.91 Å². The molecule has 0 spiro atoms. The van der Waals surface area contributed by atoms with Gasteiger partial charge in [0.15, 0.2) is 22.5 Å². The Morgan fingerprint density at radius 3 is 2.76 bits per heavy atom. The number of hydrogen-bond acceptors (Lipinski definition) is 8. The number of non-ortho nitro benzene ring substituents is 1. The van der Waals surface area contributed by atoms with Gasteiger partial charge in [0, 0.05) is 18.7 Å². The zero-order chi connectivity index (χ0) is 24.7. The number of para-hydroxylation sites is 1. The van der Waals surface area contributed by atoms with Gasteiger partial charge in [-0.1, -0.05) is 30.0 Å². The number of methoxy groups -OCH3 is 1. The van der Waals surface area contributed by atoms with Crippen LogP contribution in [-0.2, 0) is 17.9 Å². The summed E-state index contributed by atoms with van der Waals surface area (Å²) in [5, 5.41) is 21.7. The second kappa shape index (κ2) is 11.3. The fraction of sp³-hybridized carbons (Fsp3) is 0.227. The number of carbonyl (C=O) groups excluding carboxylic acids is 1. The number of nitro benzene ring substituents is 1. The number of hydrogen-bond donors (Lipinski definition) is 1. The average Bonchev–Trinajstić information content (AvgIpc) is 3.19. The van der Waals surface area contributed by atoms with E-state index in [9.17, 15) is 19.3 Å². The number of thioether (sulfide) groups is 1. The van der Waals surface area contributed by atoms with Crippen molar-refractivity contribution < 1.29 is 23.6 Å². The minimum absolute atomic E-state index is 0.0339. The van der Waals surface area contributed by atoms with Crippen molar-refractivity contribution in [3.05, 3.63) is 76.9 Å². The van der Waals surface area contributed by atoms with Gasteiger partial charge in [-0.05, 0) is 25.1 Å². The molecule has 0 aliphatic rings. The predicted molar refractivity (Wildman–Crippen MR) is 125 cm³/mol. The molecule has 0 saturated heterocycles. The summed E-state index contributed by atoms with van der Waals surface area (Å²) < 4.78 is 26.2. The number of rotatable bonds is 11. The lowest BCUT2D eigenvalue weighted by Crippen LogP contribution is -2.23. The molecule has 0 aliphatic heterocycles. The van der Waals surface area contributed by atoms with Crippen LogP contribution in [0.1, 0.15) is 12.7 Å². The third kappa shape index (κ3) is 5.90. The first-order valence-electron chi connectivity index (χ1n) is 10.0. The summed E-state index contributed by atoms with van der Waals surface area (Å²) >= 11 is 1.13. The number of nitro groups is 1. The number of aromatic nitrogens is 3. The third-order valence-corrected chi connectivity index (χ3v) is 5.68. The molecule has 12 heteroatoms. The molecule has 0 radical (unpaired) electrons. The van der Waals surface area contributed by atoms with Crippen molar-refractivity contribution in [1.82, 2.24) is 14.8 Å². The molecular weight excluding hydrogens is 465 g/mol. The lowest BCUT2D eigenvalue weighted by Gasteiger charge is -2.14. The Bertz CT molecular complexity index is 1200. The molecule has 1 N–H and O–H groups in total. The lowest BCUT2D eigenvalue weighted by atomic mass is 10.2. The summed E-state index contributed by atoms with van der Waals surface area (Å²) in [4.78, 5) is 23.3. The first-order chi connectivity index (χ1) is 16.3. The molecule has 1 heterocycles. The standard InChI is InChI=1S/C22H22FN5O5S/c1-4-11-27-20(13-33-18-8-6-5-7-16(18)23)25-26-22(27)34-14(2)21(29)24-17-12-15(28(30)31)9-10-19(17)32-3/h4-10,12,14H,1,11,13H2,2-3H3,(H,24,29). The van der Waals surface area contributed by atoms with Gasteiger partial charge >= 0.3 is 0 Å². The van der Waals surface area contributed by atoms with Gasteiger partial charge in [-0.15, -0.1) is 16.8 Å². The van der Waals surface area contributed by atoms with Crippen molar-refractivity contribution in [2.24, 2.45) is 0 Å². The highest BCUT2D eigenvalue weighted by Gasteiger charge is 2.22. The van der Waals surface area contributed by atoms with E-state index in [1.165, 1.54) is 37.4 Å². The van der Waals surface area contributed by atoms with Crippen molar-refractivity contribution in [2.45, 2.75) is 30.5 Å². The topological polar surface area (TPSA) is 121 Å². The first kappa shape index (κ1) is 24.7. The average molecular weight is 488 g/mol. The summed E-state index contributed by atoms with van der Waals surface area (Å²) in [6, 6.07) is 9.95. The zero-order valence-corrected chi connectivity index (χ0v) is 19.3.